The van der Waals surface area contributed by atoms with Gasteiger partial charge in [-0.2, -0.15) is 0 Å². The van der Waals surface area contributed by atoms with E-state index in [-0.39, 0.29) is 45.7 Å². The molecule has 0 amide bonds. The van der Waals surface area contributed by atoms with Gasteiger partial charge < -0.3 is 4.43 Å². The zero-order chi connectivity index (χ0) is 33.3. The molecule has 6 heteroatoms. The van der Waals surface area contributed by atoms with Gasteiger partial charge in [-0.15, -0.1) is 0 Å². The molecule has 1 aromatic heterocycles. The van der Waals surface area contributed by atoms with Crippen molar-refractivity contribution in [3.63, 3.8) is 0 Å². The van der Waals surface area contributed by atoms with Gasteiger partial charge in [0.15, 0.2) is 8.32 Å². The fourth-order valence-corrected chi connectivity index (χ4v) is 11.5. The Morgan fingerprint density at radius 1 is 1.00 bits per heavy atom. The molecule has 0 bridgehead atoms. The quantitative estimate of drug-likeness (QED) is 0.232. The van der Waals surface area contributed by atoms with Crippen LogP contribution in [0.25, 0.3) is 10.8 Å². The molecular formula is C40H60N2O3Si. The van der Waals surface area contributed by atoms with Crippen LogP contribution in [0.2, 0.25) is 18.1 Å². The zero-order valence-corrected chi connectivity index (χ0v) is 31.4. The highest BCUT2D eigenvalue weighted by molar-refractivity contribution is 6.74. The minimum Gasteiger partial charge on any atom is -0.414 e. The molecule has 8 unspecified atom stereocenters. The van der Waals surface area contributed by atoms with E-state index >= 15 is 0 Å². The maximum atomic E-state index is 14.3. The van der Waals surface area contributed by atoms with Gasteiger partial charge in [0.2, 0.25) is 0 Å². The van der Waals surface area contributed by atoms with Crippen molar-refractivity contribution in [3.8, 4) is 0 Å². The van der Waals surface area contributed by atoms with Crippen LogP contribution in [0.5, 0.6) is 0 Å². The summed E-state index contributed by atoms with van der Waals surface area (Å²) in [6.07, 6.45) is 13.9. The molecule has 3 saturated carbocycles. The smallest absolute Gasteiger partial charge is 0.273 e. The molecule has 0 spiro atoms. The maximum absolute atomic E-state index is 14.3. The second-order valence-corrected chi connectivity index (χ2v) is 22.4. The number of allylic oxidation sites excluding steroid dienone is 4. The fraction of sp³-hybridized carbons (Fsp3) is 0.700. The van der Waals surface area contributed by atoms with Gasteiger partial charge in [0, 0.05) is 12.0 Å². The summed E-state index contributed by atoms with van der Waals surface area (Å²) in [5.41, 5.74) is 3.33. The summed E-state index contributed by atoms with van der Waals surface area (Å²) >= 11 is 0. The second kappa shape index (κ2) is 12.1. The van der Waals surface area contributed by atoms with Gasteiger partial charge in [-0.05, 0) is 118 Å². The van der Waals surface area contributed by atoms with Crippen LogP contribution in [0, 0.1) is 35.0 Å². The van der Waals surface area contributed by atoms with Crippen LogP contribution in [0.4, 0.5) is 0 Å². The third-order valence-electron chi connectivity index (χ3n) is 13.5. The molecule has 0 saturated heterocycles. The first kappa shape index (κ1) is 33.7. The van der Waals surface area contributed by atoms with Crippen molar-refractivity contribution < 1.29 is 4.43 Å². The molecule has 2 heterocycles. The van der Waals surface area contributed by atoms with Gasteiger partial charge in [0.25, 0.3) is 11.1 Å². The first-order valence-electron chi connectivity index (χ1n) is 18.4. The number of fused-ring (bicyclic) bond motifs is 5. The third kappa shape index (κ3) is 5.57. The lowest BCUT2D eigenvalue weighted by Crippen LogP contribution is -2.46. The lowest BCUT2D eigenvalue weighted by Gasteiger charge is -2.45. The van der Waals surface area contributed by atoms with E-state index in [2.05, 4.69) is 80.6 Å². The summed E-state index contributed by atoms with van der Waals surface area (Å²) in [6.45, 7) is 23.6. The Bertz CT molecular complexity index is 1650. The van der Waals surface area contributed by atoms with Gasteiger partial charge in [-0.1, -0.05) is 83.9 Å². The number of hydrogen-bond acceptors (Lipinski definition) is 3. The summed E-state index contributed by atoms with van der Waals surface area (Å²) in [5, 5.41) is 1.25. The van der Waals surface area contributed by atoms with E-state index in [1.165, 1.54) is 25.7 Å². The van der Waals surface area contributed by atoms with Crippen LogP contribution in [0.3, 0.4) is 0 Å². The largest absolute Gasteiger partial charge is 0.414 e. The van der Waals surface area contributed by atoms with Crippen LogP contribution < -0.4 is 11.1 Å². The summed E-state index contributed by atoms with van der Waals surface area (Å²) in [4.78, 5) is 28.5. The van der Waals surface area contributed by atoms with Crippen molar-refractivity contribution in [1.82, 2.24) is 9.36 Å². The molecule has 1 aliphatic heterocycles. The lowest BCUT2D eigenvalue weighted by atomic mass is 9.60. The van der Waals surface area contributed by atoms with Crippen LogP contribution in [0.1, 0.15) is 119 Å². The highest BCUT2D eigenvalue weighted by Gasteiger charge is 2.53. The van der Waals surface area contributed by atoms with Crippen LogP contribution in [-0.2, 0) is 4.43 Å². The summed E-state index contributed by atoms with van der Waals surface area (Å²) in [7, 11) is -1.96. The number of hydrogen-bond donors (Lipinski definition) is 0. The average molecular weight is 645 g/mol. The number of benzene rings is 1. The first-order chi connectivity index (χ1) is 21.5. The van der Waals surface area contributed by atoms with E-state index in [1.54, 1.807) is 11.1 Å². The molecule has 3 fully saturated rings. The second-order valence-electron chi connectivity index (χ2n) is 17.7. The van der Waals surface area contributed by atoms with Crippen LogP contribution in [0.15, 0.2) is 57.2 Å². The SMILES string of the molecule is CC(=CC(C)C)C(C)C1CCC2C(=CC3C4CC(O[Si](C)(C)C(C)(C)C)CCC4n4c(=O)c5ccccc5c(=O)n43)CCCC21C. The number of nitrogens with zero attached hydrogens (tertiary/aromatic N) is 2. The van der Waals surface area contributed by atoms with Crippen molar-refractivity contribution in [3.05, 3.63) is 68.3 Å². The molecule has 3 aliphatic carbocycles. The Labute approximate surface area is 278 Å². The van der Waals surface area contributed by atoms with Crippen molar-refractivity contribution >= 4 is 19.1 Å². The Hall–Kier alpha value is -2.18. The van der Waals surface area contributed by atoms with Crippen molar-refractivity contribution in [1.29, 1.82) is 0 Å². The molecule has 0 radical (unpaired) electrons. The summed E-state index contributed by atoms with van der Waals surface area (Å²) < 4.78 is 10.8. The minimum absolute atomic E-state index is 0.00878. The Kier molecular flexibility index (Phi) is 8.83. The molecule has 5 nitrogen and oxygen atoms in total. The molecular weight excluding hydrogens is 585 g/mol. The monoisotopic (exact) mass is 644 g/mol. The van der Waals surface area contributed by atoms with Crippen LogP contribution >= 0.6 is 0 Å². The standard InChI is InChI=1S/C40H60N2O3Si/c1-25(2)22-26(3)27(4)33-18-19-34-28(14-13-21-40(33,34)8)23-36-32-24-29(45-46(9,10)39(5,6)7)17-20-35(32)41-37(43)30-15-11-12-16-31(30)38(44)42(36)41/h11-12,15-16,22-23,25,27,29,32-36H,13-14,17-21,24H2,1-10H3. The summed E-state index contributed by atoms with van der Waals surface area (Å²) in [6, 6.07) is 7.37. The van der Waals surface area contributed by atoms with E-state index < -0.39 is 8.32 Å². The molecule has 0 N–H and O–H groups in total. The molecule has 6 rings (SSSR count). The molecule has 46 heavy (non-hydrogen) atoms. The van der Waals surface area contributed by atoms with E-state index in [0.717, 1.165) is 25.7 Å². The molecule has 8 atom stereocenters. The van der Waals surface area contributed by atoms with Crippen LogP contribution in [-0.4, -0.2) is 23.8 Å². The molecule has 1 aromatic carbocycles. The Morgan fingerprint density at radius 3 is 2.28 bits per heavy atom. The zero-order valence-electron chi connectivity index (χ0n) is 30.4. The normalized spacial score (nSPS) is 33.4. The predicted octanol–water partition coefficient (Wildman–Crippen LogP) is 9.83. The average Bonchev–Trinajstić information content (AvgIpc) is 3.49. The van der Waals surface area contributed by atoms with Gasteiger partial charge in [-0.25, -0.2) is 9.36 Å². The third-order valence-corrected chi connectivity index (χ3v) is 18.0. The maximum Gasteiger partial charge on any atom is 0.273 e. The van der Waals surface area contributed by atoms with Crippen molar-refractivity contribution in [2.45, 2.75) is 143 Å². The first-order valence-corrected chi connectivity index (χ1v) is 21.3. The predicted molar refractivity (Wildman–Crippen MR) is 194 cm³/mol. The highest BCUT2D eigenvalue weighted by atomic mass is 28.4. The van der Waals surface area contributed by atoms with E-state index in [0.29, 0.717) is 34.4 Å². The Morgan fingerprint density at radius 2 is 1.65 bits per heavy atom. The van der Waals surface area contributed by atoms with Gasteiger partial charge >= 0.3 is 0 Å². The lowest BCUT2D eigenvalue weighted by molar-refractivity contribution is 0.0850. The van der Waals surface area contributed by atoms with Gasteiger partial charge in [0.05, 0.1) is 22.9 Å². The number of rotatable bonds is 6. The van der Waals surface area contributed by atoms with Crippen molar-refractivity contribution in [2.75, 3.05) is 0 Å². The number of aromatic nitrogens is 2. The van der Waals surface area contributed by atoms with Gasteiger partial charge in [-0.3, -0.25) is 9.59 Å². The van der Waals surface area contributed by atoms with E-state index in [1.807, 2.05) is 33.6 Å². The Balaban J connectivity index is 1.42. The van der Waals surface area contributed by atoms with Gasteiger partial charge in [0.1, 0.15) is 0 Å². The molecule has 2 aromatic rings. The highest BCUT2D eigenvalue weighted by Crippen LogP contribution is 2.61. The molecule has 252 valence electrons. The fourth-order valence-electron chi connectivity index (χ4n) is 10.1. The topological polar surface area (TPSA) is 53.2 Å². The minimum atomic E-state index is -1.96. The van der Waals surface area contributed by atoms with E-state index in [9.17, 15) is 9.59 Å². The molecule has 4 aliphatic rings. The van der Waals surface area contributed by atoms with Crippen molar-refractivity contribution in [2.24, 2.45) is 35.0 Å². The van der Waals surface area contributed by atoms with E-state index in [4.69, 9.17) is 4.43 Å². The summed E-state index contributed by atoms with van der Waals surface area (Å²) in [5.74, 6) is 2.54.